The van der Waals surface area contributed by atoms with Crippen LogP contribution in [0, 0.1) is 0 Å². The Kier molecular flexibility index (Phi) is 2.76. The van der Waals surface area contributed by atoms with Gasteiger partial charge in [-0.2, -0.15) is 0 Å². The van der Waals surface area contributed by atoms with Gasteiger partial charge in [-0.1, -0.05) is 24.3 Å². The molecule has 2 aromatic carbocycles. The first-order valence-corrected chi connectivity index (χ1v) is 5.93. The van der Waals surface area contributed by atoms with Crippen LogP contribution in [0.1, 0.15) is 26.3 Å². The van der Waals surface area contributed by atoms with E-state index in [4.69, 9.17) is 4.74 Å². The zero-order valence-electron chi connectivity index (χ0n) is 10.1. The summed E-state index contributed by atoms with van der Waals surface area (Å²) in [5.41, 5.74) is 1.78. The summed E-state index contributed by atoms with van der Waals surface area (Å²) in [6.45, 7) is 0.395. The van der Waals surface area contributed by atoms with E-state index >= 15 is 0 Å². The number of carbonyl (C=O) groups is 2. The maximum absolute atomic E-state index is 12.0. The summed E-state index contributed by atoms with van der Waals surface area (Å²) in [4.78, 5) is 23.5. The van der Waals surface area contributed by atoms with E-state index in [1.165, 1.54) is 0 Å². The zero-order valence-corrected chi connectivity index (χ0v) is 10.1. The highest BCUT2D eigenvalue weighted by molar-refractivity contribution is 5.99. The highest BCUT2D eigenvalue weighted by Crippen LogP contribution is 2.26. The Balaban J connectivity index is 1.89. The first kappa shape index (κ1) is 11.5. The van der Waals surface area contributed by atoms with Crippen LogP contribution in [0.15, 0.2) is 48.5 Å². The number of carbonyl (C=O) groups excluding carboxylic acids is 2. The van der Waals surface area contributed by atoms with Crippen molar-refractivity contribution in [3.63, 3.8) is 0 Å². The third-order valence-corrected chi connectivity index (χ3v) is 3.02. The van der Waals surface area contributed by atoms with Gasteiger partial charge in [-0.05, 0) is 24.3 Å². The monoisotopic (exact) mass is 253 g/mol. The quantitative estimate of drug-likeness (QED) is 0.659. The molecule has 1 amide bonds. The Morgan fingerprint density at radius 2 is 1.84 bits per heavy atom. The SMILES string of the molecule is O=C(Oc1cccc2c1CNC2=O)c1ccccc1. The lowest BCUT2D eigenvalue weighted by molar-refractivity contribution is 0.0733. The Hall–Kier alpha value is -2.62. The predicted octanol–water partition coefficient (Wildman–Crippen LogP) is 2.15. The Morgan fingerprint density at radius 1 is 1.05 bits per heavy atom. The minimum absolute atomic E-state index is 0.132. The fraction of sp³-hybridized carbons (Fsp3) is 0.0667. The second kappa shape index (κ2) is 4.57. The van der Waals surface area contributed by atoms with Crippen LogP contribution in [0.3, 0.4) is 0 Å². The number of rotatable bonds is 2. The number of ether oxygens (including phenoxy) is 1. The second-order valence-corrected chi connectivity index (χ2v) is 4.22. The number of fused-ring (bicyclic) bond motifs is 1. The molecule has 2 aromatic rings. The van der Waals surface area contributed by atoms with Crippen LogP contribution < -0.4 is 10.1 Å². The number of amides is 1. The molecule has 0 aromatic heterocycles. The van der Waals surface area contributed by atoms with Crippen LogP contribution in [0.4, 0.5) is 0 Å². The summed E-state index contributed by atoms with van der Waals surface area (Å²) >= 11 is 0. The Morgan fingerprint density at radius 3 is 2.63 bits per heavy atom. The van der Waals surface area contributed by atoms with Gasteiger partial charge in [0, 0.05) is 17.7 Å². The minimum Gasteiger partial charge on any atom is -0.423 e. The van der Waals surface area contributed by atoms with E-state index in [0.717, 1.165) is 5.56 Å². The smallest absolute Gasteiger partial charge is 0.343 e. The molecule has 3 rings (SSSR count). The van der Waals surface area contributed by atoms with Crippen molar-refractivity contribution in [2.24, 2.45) is 0 Å². The zero-order chi connectivity index (χ0) is 13.2. The van der Waals surface area contributed by atoms with Crippen molar-refractivity contribution in [1.82, 2.24) is 5.32 Å². The van der Waals surface area contributed by atoms with Gasteiger partial charge >= 0.3 is 5.97 Å². The molecule has 0 aliphatic carbocycles. The maximum Gasteiger partial charge on any atom is 0.343 e. The molecule has 0 fully saturated rings. The van der Waals surface area contributed by atoms with Gasteiger partial charge in [0.05, 0.1) is 5.56 Å². The van der Waals surface area contributed by atoms with Gasteiger partial charge in [0.15, 0.2) is 0 Å². The molecule has 4 heteroatoms. The Bertz CT molecular complexity index is 650. The molecular formula is C15H11NO3. The highest BCUT2D eigenvalue weighted by Gasteiger charge is 2.23. The van der Waals surface area contributed by atoms with Gasteiger partial charge in [0.25, 0.3) is 5.91 Å². The summed E-state index contributed by atoms with van der Waals surface area (Å²) in [6.07, 6.45) is 0. The topological polar surface area (TPSA) is 55.4 Å². The average Bonchev–Trinajstić information content (AvgIpc) is 2.83. The van der Waals surface area contributed by atoms with Crippen molar-refractivity contribution in [2.45, 2.75) is 6.54 Å². The van der Waals surface area contributed by atoms with Crippen LogP contribution in [-0.4, -0.2) is 11.9 Å². The van der Waals surface area contributed by atoms with E-state index in [0.29, 0.717) is 23.4 Å². The van der Waals surface area contributed by atoms with Crippen molar-refractivity contribution in [3.8, 4) is 5.75 Å². The fourth-order valence-corrected chi connectivity index (χ4v) is 2.05. The molecule has 0 saturated heterocycles. The summed E-state index contributed by atoms with van der Waals surface area (Å²) in [6, 6.07) is 13.9. The molecule has 1 heterocycles. The predicted molar refractivity (Wildman–Crippen MR) is 69.0 cm³/mol. The van der Waals surface area contributed by atoms with Crippen molar-refractivity contribution < 1.29 is 14.3 Å². The number of benzene rings is 2. The highest BCUT2D eigenvalue weighted by atomic mass is 16.5. The molecule has 0 radical (unpaired) electrons. The Labute approximate surface area is 110 Å². The molecule has 0 atom stereocenters. The lowest BCUT2D eigenvalue weighted by Gasteiger charge is -2.07. The molecule has 0 spiro atoms. The molecule has 1 aliphatic heterocycles. The van der Waals surface area contributed by atoms with E-state index in [1.54, 1.807) is 42.5 Å². The van der Waals surface area contributed by atoms with E-state index in [2.05, 4.69) is 5.32 Å². The minimum atomic E-state index is -0.423. The van der Waals surface area contributed by atoms with E-state index in [1.807, 2.05) is 6.07 Å². The summed E-state index contributed by atoms with van der Waals surface area (Å²) in [5.74, 6) is -0.120. The van der Waals surface area contributed by atoms with Crippen LogP contribution >= 0.6 is 0 Å². The molecule has 1 N–H and O–H groups in total. The third kappa shape index (κ3) is 2.08. The molecule has 94 valence electrons. The molecule has 0 unspecified atom stereocenters. The first-order chi connectivity index (χ1) is 9.25. The molecule has 0 saturated carbocycles. The van der Waals surface area contributed by atoms with Gasteiger partial charge in [-0.3, -0.25) is 4.79 Å². The average molecular weight is 253 g/mol. The standard InChI is InChI=1S/C15H11NO3/c17-14-11-7-4-8-13(12(11)9-16-14)19-15(18)10-5-2-1-3-6-10/h1-8H,9H2,(H,16,17). The van der Waals surface area contributed by atoms with Gasteiger partial charge in [0.2, 0.25) is 0 Å². The number of hydrogen-bond acceptors (Lipinski definition) is 3. The molecule has 0 bridgehead atoms. The van der Waals surface area contributed by atoms with Crippen molar-refractivity contribution in [2.75, 3.05) is 0 Å². The van der Waals surface area contributed by atoms with E-state index in [-0.39, 0.29) is 5.91 Å². The number of nitrogens with one attached hydrogen (secondary N) is 1. The largest absolute Gasteiger partial charge is 0.423 e. The summed E-state index contributed by atoms with van der Waals surface area (Å²) < 4.78 is 5.36. The van der Waals surface area contributed by atoms with Gasteiger partial charge < -0.3 is 10.1 Å². The third-order valence-electron chi connectivity index (χ3n) is 3.02. The van der Waals surface area contributed by atoms with Crippen molar-refractivity contribution in [3.05, 3.63) is 65.2 Å². The van der Waals surface area contributed by atoms with Crippen molar-refractivity contribution >= 4 is 11.9 Å². The van der Waals surface area contributed by atoms with Crippen molar-refractivity contribution in [1.29, 1.82) is 0 Å². The summed E-state index contributed by atoms with van der Waals surface area (Å²) in [7, 11) is 0. The van der Waals surface area contributed by atoms with Crippen LogP contribution in [0.25, 0.3) is 0 Å². The molecule has 4 nitrogen and oxygen atoms in total. The lowest BCUT2D eigenvalue weighted by Crippen LogP contribution is -2.12. The van der Waals surface area contributed by atoms with Crippen LogP contribution in [0.2, 0.25) is 0 Å². The molecule has 19 heavy (non-hydrogen) atoms. The van der Waals surface area contributed by atoms with Gasteiger partial charge in [-0.15, -0.1) is 0 Å². The van der Waals surface area contributed by atoms with Gasteiger partial charge in [0.1, 0.15) is 5.75 Å². The fourth-order valence-electron chi connectivity index (χ4n) is 2.05. The molecular weight excluding hydrogens is 242 g/mol. The summed E-state index contributed by atoms with van der Waals surface area (Å²) in [5, 5.41) is 2.71. The maximum atomic E-state index is 12.0. The normalized spacial score (nSPS) is 12.7. The van der Waals surface area contributed by atoms with Crippen LogP contribution in [0.5, 0.6) is 5.75 Å². The number of hydrogen-bond donors (Lipinski definition) is 1. The second-order valence-electron chi connectivity index (χ2n) is 4.22. The number of esters is 1. The van der Waals surface area contributed by atoms with Crippen LogP contribution in [-0.2, 0) is 6.54 Å². The van der Waals surface area contributed by atoms with E-state index in [9.17, 15) is 9.59 Å². The lowest BCUT2D eigenvalue weighted by atomic mass is 10.1. The molecule has 1 aliphatic rings. The first-order valence-electron chi connectivity index (χ1n) is 5.93. The van der Waals surface area contributed by atoms with Gasteiger partial charge in [-0.25, -0.2) is 4.79 Å². The van der Waals surface area contributed by atoms with E-state index < -0.39 is 5.97 Å².